The predicted octanol–water partition coefficient (Wildman–Crippen LogP) is 3.02. The van der Waals surface area contributed by atoms with Gasteiger partial charge in [-0.1, -0.05) is 24.4 Å². The molecule has 2 rings (SSSR count). The van der Waals surface area contributed by atoms with E-state index in [0.717, 1.165) is 12.8 Å². The van der Waals surface area contributed by atoms with Crippen molar-refractivity contribution in [3.8, 4) is 0 Å². The van der Waals surface area contributed by atoms with Gasteiger partial charge in [-0.15, -0.1) is 0 Å². The zero-order valence-corrected chi connectivity index (χ0v) is 12.9. The van der Waals surface area contributed by atoms with Crippen LogP contribution in [0, 0.1) is 0 Å². The standard InChI is InChI=1S/C14H18ClNO3S/c1-10(20(18,19)13-4-2-3-5-13)14(17)16-12-8-6-11(15)7-9-12/h6-10,13H,2-5H2,1H3,(H,16,17)/t10-/m1/s1. The van der Waals surface area contributed by atoms with Gasteiger partial charge in [-0.05, 0) is 44.0 Å². The minimum Gasteiger partial charge on any atom is -0.325 e. The van der Waals surface area contributed by atoms with E-state index < -0.39 is 21.0 Å². The minimum atomic E-state index is -3.40. The lowest BCUT2D eigenvalue weighted by molar-refractivity contribution is -0.115. The van der Waals surface area contributed by atoms with Crippen LogP contribution in [-0.2, 0) is 14.6 Å². The van der Waals surface area contributed by atoms with Crippen LogP contribution < -0.4 is 5.32 Å². The molecule has 20 heavy (non-hydrogen) atoms. The first-order valence-corrected chi connectivity index (χ1v) is 8.69. The van der Waals surface area contributed by atoms with E-state index in [4.69, 9.17) is 11.6 Å². The Morgan fingerprint density at radius 1 is 1.25 bits per heavy atom. The topological polar surface area (TPSA) is 63.2 Å². The summed E-state index contributed by atoms with van der Waals surface area (Å²) in [5.41, 5.74) is 0.549. The smallest absolute Gasteiger partial charge is 0.242 e. The van der Waals surface area contributed by atoms with Crippen molar-refractivity contribution in [2.24, 2.45) is 0 Å². The molecule has 1 aliphatic rings. The van der Waals surface area contributed by atoms with Gasteiger partial charge >= 0.3 is 0 Å². The molecule has 0 heterocycles. The molecule has 1 aromatic rings. The highest BCUT2D eigenvalue weighted by atomic mass is 35.5. The molecule has 1 amide bonds. The maximum Gasteiger partial charge on any atom is 0.242 e. The number of benzene rings is 1. The van der Waals surface area contributed by atoms with Gasteiger partial charge in [-0.2, -0.15) is 0 Å². The van der Waals surface area contributed by atoms with Gasteiger partial charge in [-0.3, -0.25) is 4.79 Å². The Labute approximate surface area is 124 Å². The highest BCUT2D eigenvalue weighted by Gasteiger charge is 2.37. The first-order chi connectivity index (χ1) is 9.41. The molecule has 1 atom stereocenters. The summed E-state index contributed by atoms with van der Waals surface area (Å²) in [7, 11) is -3.40. The van der Waals surface area contributed by atoms with E-state index in [0.29, 0.717) is 23.6 Å². The van der Waals surface area contributed by atoms with Gasteiger partial charge < -0.3 is 5.32 Å². The molecule has 0 radical (unpaired) electrons. The van der Waals surface area contributed by atoms with Crippen LogP contribution in [0.1, 0.15) is 32.6 Å². The van der Waals surface area contributed by atoms with Crippen molar-refractivity contribution in [3.63, 3.8) is 0 Å². The van der Waals surface area contributed by atoms with Gasteiger partial charge in [0.15, 0.2) is 9.84 Å². The van der Waals surface area contributed by atoms with E-state index in [1.807, 2.05) is 0 Å². The molecule has 0 aliphatic heterocycles. The average molecular weight is 316 g/mol. The highest BCUT2D eigenvalue weighted by Crippen LogP contribution is 2.27. The monoisotopic (exact) mass is 315 g/mol. The summed E-state index contributed by atoms with van der Waals surface area (Å²) in [6.07, 6.45) is 3.19. The molecule has 1 saturated carbocycles. The van der Waals surface area contributed by atoms with E-state index >= 15 is 0 Å². The summed E-state index contributed by atoms with van der Waals surface area (Å²) in [5.74, 6) is -0.487. The van der Waals surface area contributed by atoms with Crippen molar-refractivity contribution >= 4 is 33.0 Å². The molecule has 0 spiro atoms. The SMILES string of the molecule is C[C@H](C(=O)Nc1ccc(Cl)cc1)S(=O)(=O)C1CCCC1. The highest BCUT2D eigenvalue weighted by molar-refractivity contribution is 7.93. The maximum absolute atomic E-state index is 12.3. The Morgan fingerprint density at radius 2 is 1.80 bits per heavy atom. The normalized spacial score (nSPS) is 17.9. The first kappa shape index (κ1) is 15.3. The Hall–Kier alpha value is -1.07. The molecule has 110 valence electrons. The number of hydrogen-bond donors (Lipinski definition) is 1. The van der Waals surface area contributed by atoms with E-state index in [2.05, 4.69) is 5.32 Å². The Bertz CT molecular complexity index is 577. The number of hydrogen-bond acceptors (Lipinski definition) is 3. The number of anilines is 1. The Morgan fingerprint density at radius 3 is 2.35 bits per heavy atom. The molecule has 0 unspecified atom stereocenters. The number of halogens is 1. The van der Waals surface area contributed by atoms with Crippen molar-refractivity contribution in [1.82, 2.24) is 0 Å². The maximum atomic E-state index is 12.3. The third-order valence-corrected chi connectivity index (χ3v) is 6.59. The summed E-state index contributed by atoms with van der Waals surface area (Å²) in [6.45, 7) is 1.46. The average Bonchev–Trinajstić information content (AvgIpc) is 2.95. The lowest BCUT2D eigenvalue weighted by atomic mass is 10.3. The van der Waals surface area contributed by atoms with Gasteiger partial charge in [0.2, 0.25) is 5.91 Å². The fourth-order valence-electron chi connectivity index (χ4n) is 2.43. The summed E-state index contributed by atoms with van der Waals surface area (Å²) < 4.78 is 24.7. The summed E-state index contributed by atoms with van der Waals surface area (Å²) in [4.78, 5) is 12.1. The Balaban J connectivity index is 2.06. The van der Waals surface area contributed by atoms with Gasteiger partial charge in [0.25, 0.3) is 0 Å². The molecule has 0 bridgehead atoms. The van der Waals surface area contributed by atoms with Crippen LogP contribution in [-0.4, -0.2) is 24.8 Å². The summed E-state index contributed by atoms with van der Waals surface area (Å²) in [5, 5.41) is 1.79. The van der Waals surface area contributed by atoms with Crippen LogP contribution in [0.15, 0.2) is 24.3 Å². The lowest BCUT2D eigenvalue weighted by Crippen LogP contribution is -2.37. The van der Waals surface area contributed by atoms with E-state index in [1.54, 1.807) is 24.3 Å². The van der Waals surface area contributed by atoms with Crippen molar-refractivity contribution in [3.05, 3.63) is 29.3 Å². The quantitative estimate of drug-likeness (QED) is 0.929. The fraction of sp³-hybridized carbons (Fsp3) is 0.500. The van der Waals surface area contributed by atoms with Crippen LogP contribution in [0.5, 0.6) is 0 Å². The van der Waals surface area contributed by atoms with Crippen LogP contribution >= 0.6 is 11.6 Å². The number of sulfone groups is 1. The molecule has 0 aromatic heterocycles. The van der Waals surface area contributed by atoms with Crippen LogP contribution in [0.2, 0.25) is 5.02 Å². The zero-order valence-electron chi connectivity index (χ0n) is 11.3. The van der Waals surface area contributed by atoms with Crippen LogP contribution in [0.4, 0.5) is 5.69 Å². The largest absolute Gasteiger partial charge is 0.325 e. The lowest BCUT2D eigenvalue weighted by Gasteiger charge is -2.17. The molecule has 0 saturated heterocycles. The number of amides is 1. The fourth-order valence-corrected chi connectivity index (χ4v) is 4.48. The number of rotatable bonds is 4. The molecular formula is C14H18ClNO3S. The van der Waals surface area contributed by atoms with Gasteiger partial charge in [0, 0.05) is 10.7 Å². The van der Waals surface area contributed by atoms with E-state index in [9.17, 15) is 13.2 Å². The molecule has 1 aromatic carbocycles. The first-order valence-electron chi connectivity index (χ1n) is 6.70. The molecule has 6 heteroatoms. The van der Waals surface area contributed by atoms with Crippen molar-refractivity contribution in [1.29, 1.82) is 0 Å². The molecular weight excluding hydrogens is 298 g/mol. The third kappa shape index (κ3) is 3.33. The second kappa shape index (κ2) is 6.14. The van der Waals surface area contributed by atoms with Crippen molar-refractivity contribution in [2.45, 2.75) is 43.1 Å². The minimum absolute atomic E-state index is 0.367. The third-order valence-electron chi connectivity index (χ3n) is 3.74. The second-order valence-electron chi connectivity index (χ2n) is 5.13. The Kier molecular flexibility index (Phi) is 4.70. The van der Waals surface area contributed by atoms with E-state index in [1.165, 1.54) is 6.92 Å². The van der Waals surface area contributed by atoms with Crippen molar-refractivity contribution in [2.75, 3.05) is 5.32 Å². The molecule has 1 aliphatic carbocycles. The van der Waals surface area contributed by atoms with Crippen LogP contribution in [0.3, 0.4) is 0 Å². The number of carbonyl (C=O) groups is 1. The van der Waals surface area contributed by atoms with E-state index in [-0.39, 0.29) is 5.25 Å². The summed E-state index contributed by atoms with van der Waals surface area (Å²) >= 11 is 5.76. The molecule has 4 nitrogen and oxygen atoms in total. The molecule has 1 fully saturated rings. The van der Waals surface area contributed by atoms with Gasteiger partial charge in [0.1, 0.15) is 5.25 Å². The second-order valence-corrected chi connectivity index (χ2v) is 8.12. The number of carbonyl (C=O) groups excluding carboxylic acids is 1. The van der Waals surface area contributed by atoms with Gasteiger partial charge in [-0.25, -0.2) is 8.42 Å². The predicted molar refractivity (Wildman–Crippen MR) is 80.7 cm³/mol. The number of nitrogens with one attached hydrogen (secondary N) is 1. The van der Waals surface area contributed by atoms with Gasteiger partial charge in [0.05, 0.1) is 5.25 Å². The molecule has 1 N–H and O–H groups in total. The van der Waals surface area contributed by atoms with Crippen LogP contribution in [0.25, 0.3) is 0 Å². The zero-order chi connectivity index (χ0) is 14.8. The summed E-state index contributed by atoms with van der Waals surface area (Å²) in [6, 6.07) is 6.59. The van der Waals surface area contributed by atoms with Crippen molar-refractivity contribution < 1.29 is 13.2 Å².